The third-order valence-corrected chi connectivity index (χ3v) is 2.56. The highest BCUT2D eigenvalue weighted by atomic mass is 32.2. The van der Waals surface area contributed by atoms with Gasteiger partial charge in [-0.05, 0) is 12.1 Å². The molecule has 0 fully saturated rings. The highest BCUT2D eigenvalue weighted by molar-refractivity contribution is 8.00. The standard InChI is InChI=1S/C7H8N2S/c8-5-2-1-3-6-7(5)10-4-9-6/h1-3,9H,4,8H2. The van der Waals surface area contributed by atoms with E-state index in [1.54, 1.807) is 11.8 Å². The molecule has 0 saturated carbocycles. The summed E-state index contributed by atoms with van der Waals surface area (Å²) < 4.78 is 0. The molecule has 0 saturated heterocycles. The number of hydrogen-bond acceptors (Lipinski definition) is 3. The summed E-state index contributed by atoms with van der Waals surface area (Å²) >= 11 is 1.76. The van der Waals surface area contributed by atoms with E-state index < -0.39 is 0 Å². The van der Waals surface area contributed by atoms with Crippen LogP contribution in [0.25, 0.3) is 0 Å². The second-order valence-electron chi connectivity index (χ2n) is 2.19. The lowest BCUT2D eigenvalue weighted by Crippen LogP contribution is -1.89. The minimum atomic E-state index is 0.882. The Morgan fingerprint density at radius 3 is 3.20 bits per heavy atom. The molecule has 0 aromatic heterocycles. The van der Waals surface area contributed by atoms with Crippen LogP contribution in [-0.4, -0.2) is 5.88 Å². The van der Waals surface area contributed by atoms with Crippen LogP contribution in [0.3, 0.4) is 0 Å². The lowest BCUT2D eigenvalue weighted by atomic mass is 10.3. The molecule has 1 heterocycles. The maximum atomic E-state index is 5.71. The molecule has 1 aromatic rings. The van der Waals surface area contributed by atoms with Crippen LogP contribution in [0.4, 0.5) is 11.4 Å². The van der Waals surface area contributed by atoms with E-state index in [0.717, 1.165) is 11.6 Å². The summed E-state index contributed by atoms with van der Waals surface area (Å²) in [5.41, 5.74) is 7.76. The lowest BCUT2D eigenvalue weighted by Gasteiger charge is -1.99. The van der Waals surface area contributed by atoms with E-state index in [9.17, 15) is 0 Å². The number of benzene rings is 1. The summed E-state index contributed by atoms with van der Waals surface area (Å²) in [5.74, 6) is 0.948. The first-order chi connectivity index (χ1) is 4.88. The molecule has 3 N–H and O–H groups in total. The fourth-order valence-electron chi connectivity index (χ4n) is 1.04. The Hall–Kier alpha value is -0.830. The molecule has 1 aliphatic heterocycles. The van der Waals surface area contributed by atoms with E-state index in [0.29, 0.717) is 0 Å². The van der Waals surface area contributed by atoms with E-state index in [1.807, 2.05) is 18.2 Å². The van der Waals surface area contributed by atoms with Crippen molar-refractivity contribution < 1.29 is 0 Å². The molecule has 1 aliphatic rings. The van der Waals surface area contributed by atoms with Crippen LogP contribution in [0.15, 0.2) is 23.1 Å². The van der Waals surface area contributed by atoms with Crippen molar-refractivity contribution in [3.8, 4) is 0 Å². The highest BCUT2D eigenvalue weighted by Crippen LogP contribution is 2.37. The topological polar surface area (TPSA) is 38.0 Å². The van der Waals surface area contributed by atoms with Crippen molar-refractivity contribution in [3.63, 3.8) is 0 Å². The first kappa shape index (κ1) is 5.92. The molecule has 0 unspecified atom stereocenters. The quantitative estimate of drug-likeness (QED) is 0.556. The minimum absolute atomic E-state index is 0.882. The second kappa shape index (κ2) is 2.09. The average Bonchev–Trinajstić information content (AvgIpc) is 2.36. The molecular formula is C7H8N2S. The van der Waals surface area contributed by atoms with Crippen molar-refractivity contribution in [2.75, 3.05) is 16.9 Å². The zero-order valence-electron chi connectivity index (χ0n) is 5.42. The van der Waals surface area contributed by atoms with E-state index in [2.05, 4.69) is 5.32 Å². The lowest BCUT2D eigenvalue weighted by molar-refractivity contribution is 1.43. The number of anilines is 2. The zero-order valence-corrected chi connectivity index (χ0v) is 6.24. The third-order valence-electron chi connectivity index (χ3n) is 1.52. The van der Waals surface area contributed by atoms with Gasteiger partial charge in [-0.3, -0.25) is 0 Å². The van der Waals surface area contributed by atoms with Crippen LogP contribution in [0, 0.1) is 0 Å². The molecule has 0 spiro atoms. The fraction of sp³-hybridized carbons (Fsp3) is 0.143. The Bertz CT molecular complexity index is 260. The van der Waals surface area contributed by atoms with Crippen LogP contribution in [0.5, 0.6) is 0 Å². The van der Waals surface area contributed by atoms with Crippen molar-refractivity contribution in [1.29, 1.82) is 0 Å². The van der Waals surface area contributed by atoms with E-state index in [1.165, 1.54) is 10.6 Å². The number of thioether (sulfide) groups is 1. The molecule has 52 valence electrons. The van der Waals surface area contributed by atoms with Crippen LogP contribution in [-0.2, 0) is 0 Å². The van der Waals surface area contributed by atoms with Gasteiger partial charge >= 0.3 is 0 Å². The van der Waals surface area contributed by atoms with Gasteiger partial charge in [0.05, 0.1) is 16.5 Å². The molecule has 10 heavy (non-hydrogen) atoms. The van der Waals surface area contributed by atoms with Crippen molar-refractivity contribution >= 4 is 23.1 Å². The molecule has 0 radical (unpaired) electrons. The number of rotatable bonds is 0. The Morgan fingerprint density at radius 1 is 1.50 bits per heavy atom. The molecule has 0 bridgehead atoms. The highest BCUT2D eigenvalue weighted by Gasteiger charge is 2.11. The maximum Gasteiger partial charge on any atom is 0.0659 e. The van der Waals surface area contributed by atoms with Crippen molar-refractivity contribution in [3.05, 3.63) is 18.2 Å². The van der Waals surface area contributed by atoms with Crippen molar-refractivity contribution in [2.45, 2.75) is 4.90 Å². The van der Waals surface area contributed by atoms with Gasteiger partial charge in [-0.1, -0.05) is 6.07 Å². The number of fused-ring (bicyclic) bond motifs is 1. The van der Waals surface area contributed by atoms with Gasteiger partial charge in [-0.2, -0.15) is 0 Å². The monoisotopic (exact) mass is 152 g/mol. The van der Waals surface area contributed by atoms with E-state index in [4.69, 9.17) is 5.73 Å². The molecular weight excluding hydrogens is 144 g/mol. The van der Waals surface area contributed by atoms with Crippen molar-refractivity contribution in [2.24, 2.45) is 0 Å². The molecule has 2 nitrogen and oxygen atoms in total. The van der Waals surface area contributed by atoms with Crippen LogP contribution in [0.1, 0.15) is 0 Å². The molecule has 2 rings (SSSR count). The number of hydrogen-bond donors (Lipinski definition) is 2. The number of nitrogens with two attached hydrogens (primary N) is 1. The Morgan fingerprint density at radius 2 is 2.40 bits per heavy atom. The molecule has 3 heteroatoms. The first-order valence-corrected chi connectivity index (χ1v) is 4.11. The smallest absolute Gasteiger partial charge is 0.0659 e. The predicted octanol–water partition coefficient (Wildman–Crippen LogP) is 1.74. The van der Waals surface area contributed by atoms with Gasteiger partial charge in [0.15, 0.2) is 0 Å². The summed E-state index contributed by atoms with van der Waals surface area (Å²) in [6, 6.07) is 5.94. The van der Waals surface area contributed by atoms with Crippen LogP contribution in [0.2, 0.25) is 0 Å². The minimum Gasteiger partial charge on any atom is -0.398 e. The summed E-state index contributed by atoms with van der Waals surface area (Å²) in [6.07, 6.45) is 0. The SMILES string of the molecule is Nc1cccc2c1SCN2. The van der Waals surface area contributed by atoms with Gasteiger partial charge in [0, 0.05) is 5.69 Å². The zero-order chi connectivity index (χ0) is 6.97. The largest absolute Gasteiger partial charge is 0.398 e. The normalized spacial score (nSPS) is 14.4. The van der Waals surface area contributed by atoms with Gasteiger partial charge in [0.2, 0.25) is 0 Å². The Balaban J connectivity index is 2.59. The fourth-order valence-corrected chi connectivity index (χ4v) is 1.94. The maximum absolute atomic E-state index is 5.71. The molecule has 0 aliphatic carbocycles. The van der Waals surface area contributed by atoms with Crippen LogP contribution >= 0.6 is 11.8 Å². The number of nitrogen functional groups attached to an aromatic ring is 1. The van der Waals surface area contributed by atoms with Crippen molar-refractivity contribution in [1.82, 2.24) is 0 Å². The number of nitrogens with one attached hydrogen (secondary N) is 1. The Labute approximate surface area is 63.8 Å². The summed E-state index contributed by atoms with van der Waals surface area (Å²) in [6.45, 7) is 0. The summed E-state index contributed by atoms with van der Waals surface area (Å²) in [5, 5.41) is 3.22. The van der Waals surface area contributed by atoms with Gasteiger partial charge in [0.25, 0.3) is 0 Å². The van der Waals surface area contributed by atoms with E-state index >= 15 is 0 Å². The molecule has 0 amide bonds. The summed E-state index contributed by atoms with van der Waals surface area (Å²) in [4.78, 5) is 1.20. The molecule has 0 atom stereocenters. The second-order valence-corrected chi connectivity index (χ2v) is 3.17. The van der Waals surface area contributed by atoms with Gasteiger partial charge in [-0.25, -0.2) is 0 Å². The van der Waals surface area contributed by atoms with Gasteiger partial charge in [0.1, 0.15) is 0 Å². The predicted molar refractivity (Wildman–Crippen MR) is 45.2 cm³/mol. The van der Waals surface area contributed by atoms with Gasteiger partial charge < -0.3 is 11.1 Å². The molecule has 1 aromatic carbocycles. The Kier molecular flexibility index (Phi) is 1.24. The van der Waals surface area contributed by atoms with Crippen LogP contribution < -0.4 is 11.1 Å². The van der Waals surface area contributed by atoms with Gasteiger partial charge in [-0.15, -0.1) is 11.8 Å². The summed E-state index contributed by atoms with van der Waals surface area (Å²) in [7, 11) is 0. The average molecular weight is 152 g/mol. The first-order valence-electron chi connectivity index (χ1n) is 3.13. The third kappa shape index (κ3) is 0.743. The van der Waals surface area contributed by atoms with E-state index in [-0.39, 0.29) is 0 Å².